The van der Waals surface area contributed by atoms with Crippen molar-refractivity contribution in [3.05, 3.63) is 0 Å². The van der Waals surface area contributed by atoms with E-state index in [1.54, 1.807) is 6.92 Å². The van der Waals surface area contributed by atoms with E-state index in [-0.39, 0.29) is 30.3 Å². The third-order valence-corrected chi connectivity index (χ3v) is 5.52. The SMILES string of the molecule is CCCN(C(=O)CN1C(=O)NC(C)(C2CC2)C1=O)C1CCNCC1. The Morgan fingerprint density at radius 2 is 1.92 bits per heavy atom. The largest absolute Gasteiger partial charge is 0.338 e. The fourth-order valence-corrected chi connectivity index (χ4v) is 3.89. The minimum absolute atomic E-state index is 0.118. The number of imide groups is 1. The number of nitrogens with zero attached hydrogens (tertiary/aromatic N) is 2. The van der Waals surface area contributed by atoms with Crippen LogP contribution < -0.4 is 10.6 Å². The molecule has 0 radical (unpaired) electrons. The molecule has 1 saturated carbocycles. The van der Waals surface area contributed by atoms with Gasteiger partial charge in [0.2, 0.25) is 5.91 Å². The Hall–Kier alpha value is -1.63. The van der Waals surface area contributed by atoms with Crippen molar-refractivity contribution in [3.63, 3.8) is 0 Å². The summed E-state index contributed by atoms with van der Waals surface area (Å²) in [5.74, 6) is -0.150. The van der Waals surface area contributed by atoms with Crippen LogP contribution in [-0.4, -0.2) is 65.4 Å². The number of amides is 4. The van der Waals surface area contributed by atoms with Gasteiger partial charge >= 0.3 is 6.03 Å². The Kier molecular flexibility index (Phi) is 4.80. The summed E-state index contributed by atoms with van der Waals surface area (Å²) >= 11 is 0. The minimum Gasteiger partial charge on any atom is -0.338 e. The van der Waals surface area contributed by atoms with Gasteiger partial charge < -0.3 is 15.5 Å². The standard InChI is InChI=1S/C17H28N4O3/c1-3-10-20(13-6-8-18-9-7-13)14(22)11-21-15(23)17(2,12-4-5-12)19-16(21)24/h12-13,18H,3-11H2,1-2H3,(H,19,24). The number of urea groups is 1. The summed E-state index contributed by atoms with van der Waals surface area (Å²) < 4.78 is 0. The molecule has 7 nitrogen and oxygen atoms in total. The maximum absolute atomic E-state index is 12.8. The van der Waals surface area contributed by atoms with Crippen molar-refractivity contribution in [2.75, 3.05) is 26.2 Å². The molecule has 2 N–H and O–H groups in total. The lowest BCUT2D eigenvalue weighted by atomic mass is 9.96. The van der Waals surface area contributed by atoms with Crippen molar-refractivity contribution in [2.24, 2.45) is 5.92 Å². The lowest BCUT2D eigenvalue weighted by molar-refractivity contribution is -0.140. The summed E-state index contributed by atoms with van der Waals surface area (Å²) in [5.41, 5.74) is -0.818. The second-order valence-corrected chi connectivity index (χ2v) is 7.37. The van der Waals surface area contributed by atoms with E-state index in [1.807, 2.05) is 11.8 Å². The quantitative estimate of drug-likeness (QED) is 0.700. The van der Waals surface area contributed by atoms with Crippen LogP contribution in [0, 0.1) is 5.92 Å². The van der Waals surface area contributed by atoms with Crippen molar-refractivity contribution in [3.8, 4) is 0 Å². The number of carbonyl (C=O) groups excluding carboxylic acids is 3. The van der Waals surface area contributed by atoms with Crippen molar-refractivity contribution >= 4 is 17.8 Å². The second-order valence-electron chi connectivity index (χ2n) is 7.37. The normalized spacial score (nSPS) is 28.2. The molecule has 0 aromatic carbocycles. The van der Waals surface area contributed by atoms with E-state index in [4.69, 9.17) is 0 Å². The third-order valence-electron chi connectivity index (χ3n) is 5.52. The Morgan fingerprint density at radius 3 is 2.50 bits per heavy atom. The first kappa shape index (κ1) is 17.2. The molecule has 2 aliphatic heterocycles. The zero-order chi connectivity index (χ0) is 17.3. The lowest BCUT2D eigenvalue weighted by Crippen LogP contribution is -2.51. The first-order chi connectivity index (χ1) is 11.5. The predicted octanol–water partition coefficient (Wildman–Crippen LogP) is 0.698. The van der Waals surface area contributed by atoms with E-state index in [9.17, 15) is 14.4 Å². The highest BCUT2D eigenvalue weighted by atomic mass is 16.2. The molecule has 3 fully saturated rings. The minimum atomic E-state index is -0.818. The van der Waals surface area contributed by atoms with Crippen molar-refractivity contribution < 1.29 is 14.4 Å². The number of hydrogen-bond acceptors (Lipinski definition) is 4. The molecule has 24 heavy (non-hydrogen) atoms. The second kappa shape index (κ2) is 6.70. The molecule has 3 aliphatic rings. The predicted molar refractivity (Wildman–Crippen MR) is 89.3 cm³/mol. The molecule has 0 aromatic heterocycles. The molecule has 1 atom stereocenters. The van der Waals surface area contributed by atoms with Gasteiger partial charge in [-0.3, -0.25) is 14.5 Å². The van der Waals surface area contributed by atoms with Gasteiger partial charge in [-0.2, -0.15) is 0 Å². The van der Waals surface area contributed by atoms with Crippen LogP contribution in [-0.2, 0) is 9.59 Å². The first-order valence-electron chi connectivity index (χ1n) is 9.11. The van der Waals surface area contributed by atoms with Crippen LogP contribution in [0.4, 0.5) is 4.79 Å². The summed E-state index contributed by atoms with van der Waals surface area (Å²) in [6.07, 6.45) is 4.63. The molecule has 134 valence electrons. The maximum atomic E-state index is 12.8. The van der Waals surface area contributed by atoms with E-state index in [0.29, 0.717) is 6.54 Å². The molecule has 1 aliphatic carbocycles. The summed E-state index contributed by atoms with van der Waals surface area (Å²) in [5, 5.41) is 6.11. The van der Waals surface area contributed by atoms with Gasteiger partial charge in [-0.1, -0.05) is 6.92 Å². The molecular formula is C17H28N4O3. The van der Waals surface area contributed by atoms with E-state index in [1.165, 1.54) is 0 Å². The third kappa shape index (κ3) is 3.14. The van der Waals surface area contributed by atoms with Crippen LogP contribution in [0.1, 0.15) is 46.0 Å². The number of rotatable bonds is 6. The molecule has 4 amide bonds. The Balaban J connectivity index is 1.67. The highest BCUT2D eigenvalue weighted by molar-refractivity contribution is 6.09. The number of piperidine rings is 1. The van der Waals surface area contributed by atoms with Crippen LogP contribution in [0.3, 0.4) is 0 Å². The van der Waals surface area contributed by atoms with Gasteiger partial charge in [0.25, 0.3) is 5.91 Å². The van der Waals surface area contributed by atoms with Crippen LogP contribution in [0.15, 0.2) is 0 Å². The highest BCUT2D eigenvalue weighted by Gasteiger charge is 2.56. The molecule has 2 saturated heterocycles. The lowest BCUT2D eigenvalue weighted by Gasteiger charge is -2.35. The van der Waals surface area contributed by atoms with Gasteiger partial charge in [0.15, 0.2) is 0 Å². The average molecular weight is 336 g/mol. The first-order valence-corrected chi connectivity index (χ1v) is 9.11. The Labute approximate surface area is 143 Å². The molecule has 7 heteroatoms. The summed E-state index contributed by atoms with van der Waals surface area (Å²) in [6, 6.07) is -0.223. The maximum Gasteiger partial charge on any atom is 0.325 e. The van der Waals surface area contributed by atoms with Gasteiger partial charge in [-0.15, -0.1) is 0 Å². The number of hydrogen-bond donors (Lipinski definition) is 2. The van der Waals surface area contributed by atoms with Gasteiger partial charge in [0, 0.05) is 12.6 Å². The monoisotopic (exact) mass is 336 g/mol. The molecule has 0 bridgehead atoms. The average Bonchev–Trinajstić information content (AvgIpc) is 3.39. The van der Waals surface area contributed by atoms with Gasteiger partial charge in [0.05, 0.1) is 0 Å². The van der Waals surface area contributed by atoms with E-state index < -0.39 is 11.6 Å². The van der Waals surface area contributed by atoms with E-state index in [0.717, 1.165) is 50.1 Å². The summed E-state index contributed by atoms with van der Waals surface area (Å²) in [7, 11) is 0. The smallest absolute Gasteiger partial charge is 0.325 e. The van der Waals surface area contributed by atoms with Crippen LogP contribution in [0.25, 0.3) is 0 Å². The van der Waals surface area contributed by atoms with Crippen LogP contribution in [0.2, 0.25) is 0 Å². The van der Waals surface area contributed by atoms with Crippen LogP contribution in [0.5, 0.6) is 0 Å². The van der Waals surface area contributed by atoms with E-state index in [2.05, 4.69) is 10.6 Å². The van der Waals surface area contributed by atoms with Crippen molar-refractivity contribution in [2.45, 2.75) is 57.5 Å². The van der Waals surface area contributed by atoms with Crippen molar-refractivity contribution in [1.29, 1.82) is 0 Å². The number of nitrogens with one attached hydrogen (secondary N) is 2. The summed E-state index contributed by atoms with van der Waals surface area (Å²) in [4.78, 5) is 40.7. The van der Waals surface area contributed by atoms with Gasteiger partial charge in [-0.05, 0) is 58.0 Å². The van der Waals surface area contributed by atoms with E-state index >= 15 is 0 Å². The Morgan fingerprint density at radius 1 is 1.25 bits per heavy atom. The van der Waals surface area contributed by atoms with Gasteiger partial charge in [-0.25, -0.2) is 4.79 Å². The zero-order valence-electron chi connectivity index (χ0n) is 14.6. The molecule has 1 unspecified atom stereocenters. The molecule has 0 aromatic rings. The van der Waals surface area contributed by atoms with Crippen molar-refractivity contribution in [1.82, 2.24) is 20.4 Å². The number of carbonyl (C=O) groups is 3. The molecule has 2 heterocycles. The zero-order valence-corrected chi connectivity index (χ0v) is 14.6. The fraction of sp³-hybridized carbons (Fsp3) is 0.824. The Bertz CT molecular complexity index is 528. The topological polar surface area (TPSA) is 81.8 Å². The summed E-state index contributed by atoms with van der Waals surface area (Å²) in [6.45, 7) is 6.16. The van der Waals surface area contributed by atoms with Gasteiger partial charge in [0.1, 0.15) is 12.1 Å². The van der Waals surface area contributed by atoms with Crippen LogP contribution >= 0.6 is 0 Å². The highest BCUT2D eigenvalue weighted by Crippen LogP contribution is 2.42. The molecular weight excluding hydrogens is 308 g/mol. The molecule has 0 spiro atoms. The molecule has 3 rings (SSSR count). The fourth-order valence-electron chi connectivity index (χ4n) is 3.89.